The lowest BCUT2D eigenvalue weighted by molar-refractivity contribution is -0.384. The number of amides is 1. The van der Waals surface area contributed by atoms with Gasteiger partial charge in [0.05, 0.1) is 4.92 Å². The van der Waals surface area contributed by atoms with Gasteiger partial charge in [0.2, 0.25) is 0 Å². The molecule has 126 valence electrons. The fourth-order valence-electron chi connectivity index (χ4n) is 1.81. The molecule has 0 fully saturated rings. The van der Waals surface area contributed by atoms with Crippen LogP contribution in [-0.2, 0) is 4.79 Å². The van der Waals surface area contributed by atoms with Gasteiger partial charge in [-0.15, -0.1) is 0 Å². The Morgan fingerprint density at radius 2 is 2.04 bits per heavy atom. The molecule has 2 aromatic carbocycles. The zero-order valence-electron chi connectivity index (χ0n) is 12.5. The lowest BCUT2D eigenvalue weighted by Crippen LogP contribution is -2.14. The molecule has 0 heterocycles. The van der Waals surface area contributed by atoms with Crippen molar-refractivity contribution in [2.24, 2.45) is 0 Å². The zero-order chi connectivity index (χ0) is 18.4. The van der Waals surface area contributed by atoms with Gasteiger partial charge in [-0.25, -0.2) is 0 Å². The molecule has 9 heteroatoms. The molecule has 0 saturated heterocycles. The Hall–Kier alpha value is -2.89. The summed E-state index contributed by atoms with van der Waals surface area (Å²) >= 11 is 9.03. The van der Waals surface area contributed by atoms with Gasteiger partial charge in [0, 0.05) is 28.1 Å². The summed E-state index contributed by atoms with van der Waals surface area (Å²) in [5, 5.41) is 25.2. The largest absolute Gasteiger partial charge is 0.360 e. The Labute approximate surface area is 156 Å². The SMILES string of the molecule is N#C/C(=C/Nc1cccc(Br)c1)C(=O)Nc1ccc(Cl)c([N+](=O)[O-])c1. The van der Waals surface area contributed by atoms with Crippen LogP contribution in [0.25, 0.3) is 0 Å². The van der Waals surface area contributed by atoms with Gasteiger partial charge in [0.25, 0.3) is 11.6 Å². The van der Waals surface area contributed by atoms with E-state index in [4.69, 9.17) is 16.9 Å². The first-order valence-corrected chi connectivity index (χ1v) is 7.95. The van der Waals surface area contributed by atoms with E-state index in [1.807, 2.05) is 6.07 Å². The number of nitriles is 1. The summed E-state index contributed by atoms with van der Waals surface area (Å²) in [5.74, 6) is -0.707. The van der Waals surface area contributed by atoms with Crippen LogP contribution in [-0.4, -0.2) is 10.8 Å². The quantitative estimate of drug-likeness (QED) is 0.320. The monoisotopic (exact) mass is 420 g/mol. The minimum atomic E-state index is -0.707. The van der Waals surface area contributed by atoms with Crippen molar-refractivity contribution in [3.05, 3.63) is 73.8 Å². The lowest BCUT2D eigenvalue weighted by atomic mass is 10.2. The van der Waals surface area contributed by atoms with Crippen LogP contribution in [0.4, 0.5) is 17.1 Å². The third kappa shape index (κ3) is 5.04. The van der Waals surface area contributed by atoms with Crippen molar-refractivity contribution in [1.82, 2.24) is 0 Å². The van der Waals surface area contributed by atoms with Gasteiger partial charge < -0.3 is 10.6 Å². The summed E-state index contributed by atoms with van der Waals surface area (Å²) in [7, 11) is 0. The Kier molecular flexibility index (Phi) is 6.11. The van der Waals surface area contributed by atoms with Gasteiger partial charge in [-0.2, -0.15) is 5.26 Å². The summed E-state index contributed by atoms with van der Waals surface area (Å²) in [4.78, 5) is 22.4. The second-order valence-electron chi connectivity index (χ2n) is 4.70. The predicted molar refractivity (Wildman–Crippen MR) is 98.2 cm³/mol. The van der Waals surface area contributed by atoms with Crippen LogP contribution in [0.2, 0.25) is 5.02 Å². The summed E-state index contributed by atoms with van der Waals surface area (Å²) in [6, 6.07) is 12.8. The smallest absolute Gasteiger partial charge is 0.289 e. The van der Waals surface area contributed by atoms with Crippen LogP contribution in [0.3, 0.4) is 0 Å². The number of nitro benzene ring substituents is 1. The highest BCUT2D eigenvalue weighted by Crippen LogP contribution is 2.27. The Morgan fingerprint density at radius 1 is 1.28 bits per heavy atom. The molecule has 0 aliphatic rings. The van der Waals surface area contributed by atoms with Crippen LogP contribution in [0.15, 0.2) is 58.7 Å². The van der Waals surface area contributed by atoms with E-state index >= 15 is 0 Å². The van der Waals surface area contributed by atoms with E-state index in [0.717, 1.165) is 10.5 Å². The van der Waals surface area contributed by atoms with Crippen molar-refractivity contribution in [3.63, 3.8) is 0 Å². The van der Waals surface area contributed by atoms with Crippen molar-refractivity contribution in [2.75, 3.05) is 10.6 Å². The van der Waals surface area contributed by atoms with Crippen molar-refractivity contribution in [1.29, 1.82) is 5.26 Å². The van der Waals surface area contributed by atoms with Crippen LogP contribution < -0.4 is 10.6 Å². The Balaban J connectivity index is 2.15. The van der Waals surface area contributed by atoms with E-state index < -0.39 is 10.8 Å². The summed E-state index contributed by atoms with van der Waals surface area (Å²) < 4.78 is 0.835. The van der Waals surface area contributed by atoms with E-state index in [0.29, 0.717) is 5.69 Å². The first-order valence-electron chi connectivity index (χ1n) is 6.78. The molecule has 7 nitrogen and oxygen atoms in total. The molecule has 0 aromatic heterocycles. The van der Waals surface area contributed by atoms with E-state index in [9.17, 15) is 14.9 Å². The molecule has 0 bridgehead atoms. The van der Waals surface area contributed by atoms with E-state index in [1.165, 1.54) is 18.3 Å². The van der Waals surface area contributed by atoms with E-state index in [-0.39, 0.29) is 22.0 Å². The summed E-state index contributed by atoms with van der Waals surface area (Å²) in [5.41, 5.74) is 0.300. The molecule has 0 atom stereocenters. The highest BCUT2D eigenvalue weighted by molar-refractivity contribution is 9.10. The average Bonchev–Trinajstić information content (AvgIpc) is 2.57. The maximum Gasteiger partial charge on any atom is 0.289 e. The van der Waals surface area contributed by atoms with E-state index in [1.54, 1.807) is 24.3 Å². The first kappa shape index (κ1) is 18.4. The minimum absolute atomic E-state index is 0.0460. The van der Waals surface area contributed by atoms with Gasteiger partial charge in [-0.1, -0.05) is 33.6 Å². The number of rotatable bonds is 5. The molecule has 2 N–H and O–H groups in total. The molecule has 2 rings (SSSR count). The number of benzene rings is 2. The fraction of sp³-hybridized carbons (Fsp3) is 0. The molecular weight excluding hydrogens is 412 g/mol. The molecule has 25 heavy (non-hydrogen) atoms. The minimum Gasteiger partial charge on any atom is -0.360 e. The molecule has 1 amide bonds. The predicted octanol–water partition coefficient (Wildman–Crippen LogP) is 4.47. The van der Waals surface area contributed by atoms with Crippen molar-refractivity contribution in [3.8, 4) is 6.07 Å². The summed E-state index contributed by atoms with van der Waals surface area (Å²) in [6.45, 7) is 0. The second kappa shape index (κ2) is 8.28. The third-order valence-electron chi connectivity index (χ3n) is 2.97. The topological polar surface area (TPSA) is 108 Å². The Morgan fingerprint density at radius 3 is 2.68 bits per heavy atom. The molecule has 0 aliphatic heterocycles. The number of nitro groups is 1. The molecule has 0 radical (unpaired) electrons. The van der Waals surface area contributed by atoms with Gasteiger partial charge in [0.15, 0.2) is 0 Å². The second-order valence-corrected chi connectivity index (χ2v) is 6.02. The number of nitrogens with one attached hydrogen (secondary N) is 2. The highest BCUT2D eigenvalue weighted by Gasteiger charge is 2.15. The number of anilines is 2. The van der Waals surface area contributed by atoms with Crippen LogP contribution >= 0.6 is 27.5 Å². The van der Waals surface area contributed by atoms with Crippen molar-refractivity contribution >= 4 is 50.5 Å². The van der Waals surface area contributed by atoms with Crippen molar-refractivity contribution < 1.29 is 9.72 Å². The maximum absolute atomic E-state index is 12.1. The van der Waals surface area contributed by atoms with Crippen molar-refractivity contribution in [2.45, 2.75) is 0 Å². The first-order chi connectivity index (χ1) is 11.9. The number of hydrogen-bond acceptors (Lipinski definition) is 5. The van der Waals surface area contributed by atoms with Gasteiger partial charge in [-0.05, 0) is 30.3 Å². The number of carbonyl (C=O) groups is 1. The summed E-state index contributed by atoms with van der Waals surface area (Å²) in [6.07, 6.45) is 1.25. The van der Waals surface area contributed by atoms with Crippen LogP contribution in [0.1, 0.15) is 0 Å². The maximum atomic E-state index is 12.1. The number of nitrogens with zero attached hydrogens (tertiary/aromatic N) is 2. The zero-order valence-corrected chi connectivity index (χ0v) is 14.8. The third-order valence-corrected chi connectivity index (χ3v) is 3.79. The standard InChI is InChI=1S/C16H10BrClN4O3/c17-11-2-1-3-12(6-11)20-9-10(8-19)16(23)21-13-4-5-14(18)15(7-13)22(24)25/h1-7,9,20H,(H,21,23)/b10-9-. The lowest BCUT2D eigenvalue weighted by Gasteiger charge is -2.06. The Bertz CT molecular complexity index is 908. The molecule has 0 spiro atoms. The molecule has 2 aromatic rings. The van der Waals surface area contributed by atoms with Crippen LogP contribution in [0, 0.1) is 21.4 Å². The molecule has 0 saturated carbocycles. The molecule has 0 unspecified atom stereocenters. The molecule has 0 aliphatic carbocycles. The number of carbonyl (C=O) groups excluding carboxylic acids is 1. The normalized spacial score (nSPS) is 10.7. The number of halogens is 2. The van der Waals surface area contributed by atoms with Gasteiger partial charge in [-0.3, -0.25) is 14.9 Å². The highest BCUT2D eigenvalue weighted by atomic mass is 79.9. The average molecular weight is 422 g/mol. The van der Waals surface area contributed by atoms with Gasteiger partial charge in [0.1, 0.15) is 16.7 Å². The molecular formula is C16H10BrClN4O3. The van der Waals surface area contributed by atoms with Gasteiger partial charge >= 0.3 is 0 Å². The number of hydrogen-bond donors (Lipinski definition) is 2. The van der Waals surface area contributed by atoms with E-state index in [2.05, 4.69) is 26.6 Å². The fourth-order valence-corrected chi connectivity index (χ4v) is 2.40. The van der Waals surface area contributed by atoms with Crippen LogP contribution in [0.5, 0.6) is 0 Å².